The van der Waals surface area contributed by atoms with Crippen molar-refractivity contribution >= 4 is 22.7 Å². The molecule has 0 amide bonds. The summed E-state index contributed by atoms with van der Waals surface area (Å²) in [7, 11) is 0. The second kappa shape index (κ2) is 11.1. The van der Waals surface area contributed by atoms with Gasteiger partial charge in [-0.2, -0.15) is 5.26 Å². The van der Waals surface area contributed by atoms with Crippen LogP contribution in [0.3, 0.4) is 0 Å². The van der Waals surface area contributed by atoms with Crippen LogP contribution < -0.4 is 0 Å². The van der Waals surface area contributed by atoms with Crippen LogP contribution in [-0.4, -0.2) is 9.97 Å². The first-order valence-corrected chi connectivity index (χ1v) is 16.2. The molecular weight excluding hydrogens is 579 g/mol. The van der Waals surface area contributed by atoms with Crippen LogP contribution in [0.15, 0.2) is 149 Å². The van der Waals surface area contributed by atoms with Gasteiger partial charge in [-0.1, -0.05) is 135 Å². The smallest absolute Gasteiger partial charge is 0.160 e. The quantitative estimate of drug-likeness (QED) is 0.200. The maximum atomic E-state index is 10.4. The maximum absolute atomic E-state index is 10.4. The molecule has 0 spiro atoms. The van der Waals surface area contributed by atoms with Gasteiger partial charge in [-0.25, -0.2) is 9.97 Å². The van der Waals surface area contributed by atoms with Gasteiger partial charge >= 0.3 is 0 Å². The van der Waals surface area contributed by atoms with Gasteiger partial charge < -0.3 is 0 Å². The number of nitriles is 1. The fourth-order valence-electron chi connectivity index (χ4n) is 6.52. The summed E-state index contributed by atoms with van der Waals surface area (Å²) in [6.45, 7) is 4.50. The Morgan fingerprint density at radius 3 is 2.07 bits per heavy atom. The van der Waals surface area contributed by atoms with E-state index in [9.17, 15) is 5.26 Å². The SMILES string of the molecule is CC1(C)c2ccccc2Sc2cc(-c3cccc(-c4nc(-c5ccc(-c6ccccc6)cc5)nc5ccccc45)c3)c(C#N)cc21. The molecule has 1 aliphatic heterocycles. The lowest BCUT2D eigenvalue weighted by Crippen LogP contribution is -2.24. The Hall–Kier alpha value is -5.50. The molecule has 4 heteroatoms. The molecule has 0 aliphatic carbocycles. The first kappa shape index (κ1) is 28.0. The average molecular weight is 608 g/mol. The van der Waals surface area contributed by atoms with Crippen LogP contribution >= 0.6 is 11.8 Å². The van der Waals surface area contributed by atoms with Crippen molar-refractivity contribution in [2.75, 3.05) is 0 Å². The highest BCUT2D eigenvalue weighted by Crippen LogP contribution is 2.50. The van der Waals surface area contributed by atoms with Crippen LogP contribution in [-0.2, 0) is 5.41 Å². The predicted molar refractivity (Wildman–Crippen MR) is 189 cm³/mol. The Morgan fingerprint density at radius 2 is 1.24 bits per heavy atom. The Kier molecular flexibility index (Phi) is 6.78. The lowest BCUT2D eigenvalue weighted by molar-refractivity contribution is 0.607. The summed E-state index contributed by atoms with van der Waals surface area (Å²) < 4.78 is 0. The third-order valence-electron chi connectivity index (χ3n) is 8.99. The van der Waals surface area contributed by atoms with Crippen molar-refractivity contribution in [3.63, 3.8) is 0 Å². The highest BCUT2D eigenvalue weighted by atomic mass is 32.2. The number of benzene rings is 6. The van der Waals surface area contributed by atoms with Crippen molar-refractivity contribution in [3.05, 3.63) is 156 Å². The van der Waals surface area contributed by atoms with Gasteiger partial charge in [0.2, 0.25) is 0 Å². The summed E-state index contributed by atoms with van der Waals surface area (Å²) in [6, 6.07) is 50.8. The van der Waals surface area contributed by atoms with Gasteiger partial charge in [-0.05, 0) is 58.1 Å². The van der Waals surface area contributed by atoms with Gasteiger partial charge in [0, 0.05) is 37.3 Å². The first-order valence-electron chi connectivity index (χ1n) is 15.4. The van der Waals surface area contributed by atoms with Crippen molar-refractivity contribution < 1.29 is 0 Å². The van der Waals surface area contributed by atoms with E-state index in [1.165, 1.54) is 26.5 Å². The Labute approximate surface area is 273 Å². The molecular formula is C42H29N3S. The number of aromatic nitrogens is 2. The average Bonchev–Trinajstić information content (AvgIpc) is 3.11. The standard InChI is InChI=1S/C42H29N3S/c1-42(2)35-16-7-9-18-38(35)46-39-25-34(32(26-43)24-36(39)42)30-13-10-14-31(23-30)40-33-15-6-8-17-37(33)44-41(45-40)29-21-19-28(20-22-29)27-11-4-3-5-12-27/h3-25H,1-2H3. The molecule has 0 saturated heterocycles. The molecule has 6 aromatic carbocycles. The number of hydrogen-bond donors (Lipinski definition) is 0. The normalized spacial score (nSPS) is 13.1. The molecule has 0 N–H and O–H groups in total. The lowest BCUT2D eigenvalue weighted by Gasteiger charge is -2.35. The number of fused-ring (bicyclic) bond motifs is 3. The molecule has 0 bridgehead atoms. The molecule has 0 atom stereocenters. The van der Waals surface area contributed by atoms with Gasteiger partial charge in [-0.3, -0.25) is 0 Å². The summed E-state index contributed by atoms with van der Waals surface area (Å²) >= 11 is 1.78. The Morgan fingerprint density at radius 1 is 0.565 bits per heavy atom. The largest absolute Gasteiger partial charge is 0.228 e. The number of hydrogen-bond acceptors (Lipinski definition) is 4. The summed E-state index contributed by atoms with van der Waals surface area (Å²) in [4.78, 5) is 12.6. The van der Waals surface area contributed by atoms with Gasteiger partial charge in [0.25, 0.3) is 0 Å². The summed E-state index contributed by atoms with van der Waals surface area (Å²) in [5, 5.41) is 11.3. The number of para-hydroxylation sites is 1. The zero-order valence-corrected chi connectivity index (χ0v) is 26.3. The van der Waals surface area contributed by atoms with Gasteiger partial charge in [-0.15, -0.1) is 0 Å². The fourth-order valence-corrected chi connectivity index (χ4v) is 7.94. The molecule has 218 valence electrons. The van der Waals surface area contributed by atoms with Gasteiger partial charge in [0.05, 0.1) is 22.8 Å². The van der Waals surface area contributed by atoms with E-state index in [-0.39, 0.29) is 5.41 Å². The van der Waals surface area contributed by atoms with Crippen LogP contribution in [0.2, 0.25) is 0 Å². The van der Waals surface area contributed by atoms with E-state index in [2.05, 4.69) is 135 Å². The van der Waals surface area contributed by atoms with Crippen molar-refractivity contribution in [2.45, 2.75) is 29.1 Å². The van der Waals surface area contributed by atoms with Crippen molar-refractivity contribution in [3.8, 4) is 51.0 Å². The van der Waals surface area contributed by atoms with E-state index in [0.717, 1.165) is 44.4 Å². The third kappa shape index (κ3) is 4.77. The molecule has 46 heavy (non-hydrogen) atoms. The Bertz CT molecular complexity index is 2320. The number of nitrogens with zero attached hydrogens (tertiary/aromatic N) is 3. The zero-order chi connectivity index (χ0) is 31.3. The second-order valence-corrected chi connectivity index (χ2v) is 13.2. The maximum Gasteiger partial charge on any atom is 0.160 e. The number of rotatable bonds is 4. The molecule has 1 aromatic heterocycles. The minimum Gasteiger partial charge on any atom is -0.228 e. The topological polar surface area (TPSA) is 49.6 Å². The zero-order valence-electron chi connectivity index (χ0n) is 25.5. The van der Waals surface area contributed by atoms with Crippen molar-refractivity contribution in [2.24, 2.45) is 0 Å². The minimum absolute atomic E-state index is 0.196. The molecule has 1 aliphatic rings. The van der Waals surface area contributed by atoms with E-state index in [4.69, 9.17) is 9.97 Å². The van der Waals surface area contributed by atoms with Crippen LogP contribution in [0.4, 0.5) is 0 Å². The molecule has 7 aromatic rings. The summed E-state index contributed by atoms with van der Waals surface area (Å²) in [6.07, 6.45) is 0. The monoisotopic (exact) mass is 607 g/mol. The minimum atomic E-state index is -0.196. The third-order valence-corrected chi connectivity index (χ3v) is 10.1. The molecule has 0 radical (unpaired) electrons. The van der Waals surface area contributed by atoms with E-state index in [0.29, 0.717) is 11.4 Å². The molecule has 0 unspecified atom stereocenters. The fraction of sp³-hybridized carbons (Fsp3) is 0.0714. The molecule has 2 heterocycles. The van der Waals surface area contributed by atoms with E-state index in [1.54, 1.807) is 11.8 Å². The first-order chi connectivity index (χ1) is 22.5. The summed E-state index contributed by atoms with van der Waals surface area (Å²) in [5.74, 6) is 0.683. The van der Waals surface area contributed by atoms with E-state index < -0.39 is 0 Å². The van der Waals surface area contributed by atoms with Gasteiger partial charge in [0.1, 0.15) is 0 Å². The molecule has 0 saturated carbocycles. The Balaban J connectivity index is 1.23. The van der Waals surface area contributed by atoms with Crippen LogP contribution in [0.25, 0.3) is 55.8 Å². The summed E-state index contributed by atoms with van der Waals surface area (Å²) in [5.41, 5.74) is 10.9. The highest BCUT2D eigenvalue weighted by Gasteiger charge is 2.34. The molecule has 3 nitrogen and oxygen atoms in total. The highest BCUT2D eigenvalue weighted by molar-refractivity contribution is 7.99. The second-order valence-electron chi connectivity index (χ2n) is 12.2. The molecule has 0 fully saturated rings. The van der Waals surface area contributed by atoms with Crippen molar-refractivity contribution in [1.29, 1.82) is 5.26 Å². The van der Waals surface area contributed by atoms with E-state index in [1.807, 2.05) is 24.3 Å². The van der Waals surface area contributed by atoms with Gasteiger partial charge in [0.15, 0.2) is 5.82 Å². The van der Waals surface area contributed by atoms with Crippen LogP contribution in [0.5, 0.6) is 0 Å². The van der Waals surface area contributed by atoms with Crippen LogP contribution in [0, 0.1) is 11.3 Å². The predicted octanol–water partition coefficient (Wildman–Crippen LogP) is 11.0. The molecule has 8 rings (SSSR count). The van der Waals surface area contributed by atoms with E-state index >= 15 is 0 Å². The van der Waals surface area contributed by atoms with Crippen molar-refractivity contribution in [1.82, 2.24) is 9.97 Å². The van der Waals surface area contributed by atoms with Crippen LogP contribution in [0.1, 0.15) is 30.5 Å². The lowest BCUT2D eigenvalue weighted by atomic mass is 9.76.